The molecule has 2 amide bonds. The zero-order valence-corrected chi connectivity index (χ0v) is 13.1. The van der Waals surface area contributed by atoms with E-state index >= 15 is 0 Å². The van der Waals surface area contributed by atoms with Crippen LogP contribution in [0.2, 0.25) is 0 Å². The number of aliphatic hydroxyl groups is 1. The van der Waals surface area contributed by atoms with Gasteiger partial charge in [-0.3, -0.25) is 0 Å². The smallest absolute Gasteiger partial charge is 0.315 e. The molecule has 1 saturated carbocycles. The summed E-state index contributed by atoms with van der Waals surface area (Å²) in [5, 5.41) is 19.2. The summed E-state index contributed by atoms with van der Waals surface area (Å²) in [5.41, 5.74) is -0.929. The maximum atomic E-state index is 11.8. The van der Waals surface area contributed by atoms with Crippen LogP contribution in [-0.2, 0) is 5.41 Å². The summed E-state index contributed by atoms with van der Waals surface area (Å²) < 4.78 is 5.18. The Balaban J connectivity index is 1.84. The van der Waals surface area contributed by atoms with Crippen molar-refractivity contribution in [2.24, 2.45) is 0 Å². The molecular formula is C14H24N4O3. The Labute approximate surface area is 124 Å². The summed E-state index contributed by atoms with van der Waals surface area (Å²) in [5.74, 6) is 0.979. The third-order valence-electron chi connectivity index (χ3n) is 3.69. The van der Waals surface area contributed by atoms with E-state index in [0.29, 0.717) is 11.7 Å². The van der Waals surface area contributed by atoms with E-state index in [9.17, 15) is 9.90 Å². The van der Waals surface area contributed by atoms with Crippen molar-refractivity contribution in [1.82, 2.24) is 20.8 Å². The highest BCUT2D eigenvalue weighted by Crippen LogP contribution is 2.30. The number of rotatable bonds is 4. The van der Waals surface area contributed by atoms with Gasteiger partial charge in [0.2, 0.25) is 5.89 Å². The van der Waals surface area contributed by atoms with Gasteiger partial charge < -0.3 is 20.3 Å². The maximum Gasteiger partial charge on any atom is 0.315 e. The van der Waals surface area contributed by atoms with Crippen molar-refractivity contribution in [3.63, 3.8) is 0 Å². The molecule has 1 unspecified atom stereocenters. The van der Waals surface area contributed by atoms with Crippen LogP contribution in [0.4, 0.5) is 4.79 Å². The predicted molar refractivity (Wildman–Crippen MR) is 76.7 cm³/mol. The molecule has 1 aromatic rings. The molecule has 21 heavy (non-hydrogen) atoms. The number of nitrogens with one attached hydrogen (secondary N) is 2. The summed E-state index contributed by atoms with van der Waals surface area (Å²) in [6.45, 7) is 8.02. The van der Waals surface area contributed by atoms with Gasteiger partial charge >= 0.3 is 6.03 Å². The maximum absolute atomic E-state index is 11.8. The molecule has 7 nitrogen and oxygen atoms in total. The SMILES string of the molecule is CC(NC(=O)NCC1(O)CCC1)c1nc(C(C)(C)C)no1. The highest BCUT2D eigenvalue weighted by molar-refractivity contribution is 5.74. The van der Waals surface area contributed by atoms with Gasteiger partial charge in [0.25, 0.3) is 0 Å². The molecule has 2 rings (SSSR count). The van der Waals surface area contributed by atoms with Crippen molar-refractivity contribution >= 4 is 6.03 Å². The van der Waals surface area contributed by atoms with E-state index in [4.69, 9.17) is 4.52 Å². The summed E-state index contributed by atoms with van der Waals surface area (Å²) >= 11 is 0. The number of hydrogen-bond acceptors (Lipinski definition) is 5. The van der Waals surface area contributed by atoms with Gasteiger partial charge in [-0.1, -0.05) is 25.9 Å². The highest BCUT2D eigenvalue weighted by atomic mass is 16.5. The fourth-order valence-electron chi connectivity index (χ4n) is 2.03. The molecule has 1 aliphatic carbocycles. The molecule has 3 N–H and O–H groups in total. The lowest BCUT2D eigenvalue weighted by molar-refractivity contribution is -0.0290. The average Bonchev–Trinajstić information content (AvgIpc) is 2.83. The number of carbonyl (C=O) groups is 1. The zero-order valence-electron chi connectivity index (χ0n) is 13.1. The van der Waals surface area contributed by atoms with Gasteiger partial charge in [-0.25, -0.2) is 4.79 Å². The van der Waals surface area contributed by atoms with E-state index in [1.165, 1.54) is 0 Å². The molecular weight excluding hydrogens is 272 g/mol. The largest absolute Gasteiger partial charge is 0.388 e. The van der Waals surface area contributed by atoms with Crippen molar-refractivity contribution in [1.29, 1.82) is 0 Å². The number of nitrogens with zero attached hydrogens (tertiary/aromatic N) is 2. The fraction of sp³-hybridized carbons (Fsp3) is 0.786. The molecule has 0 aliphatic heterocycles. The Bertz CT molecular complexity index is 503. The Morgan fingerprint density at radius 3 is 2.62 bits per heavy atom. The van der Waals surface area contributed by atoms with E-state index < -0.39 is 5.60 Å². The summed E-state index contributed by atoms with van der Waals surface area (Å²) in [4.78, 5) is 16.1. The van der Waals surface area contributed by atoms with E-state index in [-0.39, 0.29) is 24.0 Å². The first-order chi connectivity index (χ1) is 9.70. The number of carbonyl (C=O) groups excluding carboxylic acids is 1. The second-order valence-corrected chi connectivity index (χ2v) is 6.83. The molecule has 0 bridgehead atoms. The third kappa shape index (κ3) is 3.93. The lowest BCUT2D eigenvalue weighted by Gasteiger charge is -2.36. The molecule has 1 fully saturated rings. The van der Waals surface area contributed by atoms with Crippen molar-refractivity contribution in [3.05, 3.63) is 11.7 Å². The highest BCUT2D eigenvalue weighted by Gasteiger charge is 2.34. The second-order valence-electron chi connectivity index (χ2n) is 6.83. The van der Waals surface area contributed by atoms with Crippen molar-refractivity contribution < 1.29 is 14.4 Å². The quantitative estimate of drug-likeness (QED) is 0.784. The van der Waals surface area contributed by atoms with Crippen LogP contribution in [0.3, 0.4) is 0 Å². The molecule has 1 heterocycles. The first-order valence-corrected chi connectivity index (χ1v) is 7.30. The van der Waals surface area contributed by atoms with Gasteiger partial charge in [0.15, 0.2) is 5.82 Å². The number of aromatic nitrogens is 2. The van der Waals surface area contributed by atoms with E-state index in [1.807, 2.05) is 20.8 Å². The van der Waals surface area contributed by atoms with Crippen molar-refractivity contribution in [2.45, 2.75) is 64.0 Å². The molecule has 1 aromatic heterocycles. The first-order valence-electron chi connectivity index (χ1n) is 7.30. The molecule has 0 saturated heterocycles. The minimum absolute atomic E-state index is 0.197. The Morgan fingerprint density at radius 1 is 1.48 bits per heavy atom. The van der Waals surface area contributed by atoms with Crippen LogP contribution in [0.1, 0.15) is 64.7 Å². The molecule has 7 heteroatoms. The summed E-state index contributed by atoms with van der Waals surface area (Å²) in [7, 11) is 0. The van der Waals surface area contributed by atoms with Crippen LogP contribution < -0.4 is 10.6 Å². The Morgan fingerprint density at radius 2 is 2.14 bits per heavy atom. The third-order valence-corrected chi connectivity index (χ3v) is 3.69. The van der Waals surface area contributed by atoms with Crippen LogP contribution in [0.5, 0.6) is 0 Å². The molecule has 1 aliphatic rings. The number of urea groups is 1. The van der Waals surface area contributed by atoms with E-state index in [1.54, 1.807) is 6.92 Å². The monoisotopic (exact) mass is 296 g/mol. The van der Waals surface area contributed by atoms with E-state index in [0.717, 1.165) is 19.3 Å². The van der Waals surface area contributed by atoms with Crippen LogP contribution in [0.15, 0.2) is 4.52 Å². The normalized spacial score (nSPS) is 18.7. The topological polar surface area (TPSA) is 100 Å². The molecule has 118 valence electrons. The Hall–Kier alpha value is -1.63. The van der Waals surface area contributed by atoms with Gasteiger partial charge in [0.05, 0.1) is 5.60 Å². The van der Waals surface area contributed by atoms with Crippen LogP contribution in [0.25, 0.3) is 0 Å². The number of hydrogen-bond donors (Lipinski definition) is 3. The molecule has 1 atom stereocenters. The molecule has 0 aromatic carbocycles. The minimum atomic E-state index is -0.732. The first kappa shape index (κ1) is 15.8. The molecule has 0 spiro atoms. The zero-order chi connectivity index (χ0) is 15.7. The Kier molecular flexibility index (Phi) is 4.22. The summed E-state index contributed by atoms with van der Waals surface area (Å²) in [6.07, 6.45) is 2.48. The van der Waals surface area contributed by atoms with Gasteiger partial charge in [-0.15, -0.1) is 0 Å². The standard InChI is InChI=1S/C14H24N4O3/c1-9(10-17-11(18-21-10)13(2,3)4)16-12(19)15-8-14(20)6-5-7-14/h9,20H,5-8H2,1-4H3,(H2,15,16,19). The van der Waals surface area contributed by atoms with Crippen molar-refractivity contribution in [2.75, 3.05) is 6.54 Å². The minimum Gasteiger partial charge on any atom is -0.388 e. The number of amides is 2. The average molecular weight is 296 g/mol. The van der Waals surface area contributed by atoms with Crippen molar-refractivity contribution in [3.8, 4) is 0 Å². The van der Waals surface area contributed by atoms with Gasteiger partial charge in [-0.05, 0) is 26.2 Å². The van der Waals surface area contributed by atoms with Gasteiger partial charge in [-0.2, -0.15) is 4.98 Å². The lowest BCUT2D eigenvalue weighted by Crippen LogP contribution is -2.50. The molecule has 0 radical (unpaired) electrons. The van der Waals surface area contributed by atoms with Gasteiger partial charge in [0.1, 0.15) is 6.04 Å². The van der Waals surface area contributed by atoms with Gasteiger partial charge in [0, 0.05) is 12.0 Å². The second kappa shape index (κ2) is 5.63. The lowest BCUT2D eigenvalue weighted by atomic mass is 9.80. The van der Waals surface area contributed by atoms with Crippen LogP contribution >= 0.6 is 0 Å². The van der Waals surface area contributed by atoms with Crippen LogP contribution in [0, 0.1) is 0 Å². The predicted octanol–water partition coefficient (Wildman–Crippen LogP) is 1.64. The van der Waals surface area contributed by atoms with Crippen LogP contribution in [-0.4, -0.2) is 33.4 Å². The summed E-state index contributed by atoms with van der Waals surface area (Å²) in [6, 6.07) is -0.733. The fourth-order valence-corrected chi connectivity index (χ4v) is 2.03. The van der Waals surface area contributed by atoms with E-state index in [2.05, 4.69) is 20.8 Å².